The average Bonchev–Trinajstić information content (AvgIpc) is 2.39. The van der Waals surface area contributed by atoms with Crippen molar-refractivity contribution in [2.75, 3.05) is 13.2 Å². The van der Waals surface area contributed by atoms with Crippen LogP contribution >= 0.6 is 15.9 Å². The van der Waals surface area contributed by atoms with Crippen molar-refractivity contribution < 1.29 is 14.3 Å². The van der Waals surface area contributed by atoms with E-state index in [1.807, 2.05) is 12.1 Å². The minimum atomic E-state index is -0.180. The number of rotatable bonds is 4. The van der Waals surface area contributed by atoms with Gasteiger partial charge in [0, 0.05) is 23.5 Å². The summed E-state index contributed by atoms with van der Waals surface area (Å²) in [7, 11) is 0. The van der Waals surface area contributed by atoms with Gasteiger partial charge >= 0.3 is 0 Å². The van der Waals surface area contributed by atoms with Crippen molar-refractivity contribution in [1.82, 2.24) is 10.6 Å². The highest BCUT2D eigenvalue weighted by Gasteiger charge is 2.19. The SMILES string of the molecule is O=C1CCC(NC(=O)COc2cccc(Br)c2)CN1. The molecule has 0 bridgehead atoms. The Kier molecular flexibility index (Phi) is 4.79. The number of carbonyl (C=O) groups excluding carboxylic acids is 2. The summed E-state index contributed by atoms with van der Waals surface area (Å²) in [5.41, 5.74) is 0. The number of piperidine rings is 1. The summed E-state index contributed by atoms with van der Waals surface area (Å²) in [5, 5.41) is 5.55. The Hall–Kier alpha value is -1.56. The van der Waals surface area contributed by atoms with Crippen LogP contribution in [0.25, 0.3) is 0 Å². The molecule has 0 aliphatic carbocycles. The summed E-state index contributed by atoms with van der Waals surface area (Å²) < 4.78 is 6.29. The van der Waals surface area contributed by atoms with E-state index >= 15 is 0 Å². The molecule has 5 nitrogen and oxygen atoms in total. The Labute approximate surface area is 119 Å². The van der Waals surface area contributed by atoms with Gasteiger partial charge in [-0.2, -0.15) is 0 Å². The molecule has 102 valence electrons. The van der Waals surface area contributed by atoms with Crippen molar-refractivity contribution in [3.8, 4) is 5.75 Å². The number of hydrogen-bond donors (Lipinski definition) is 2. The lowest BCUT2D eigenvalue weighted by Gasteiger charge is -2.23. The zero-order valence-corrected chi connectivity index (χ0v) is 11.9. The van der Waals surface area contributed by atoms with Gasteiger partial charge in [-0.3, -0.25) is 9.59 Å². The van der Waals surface area contributed by atoms with Crippen molar-refractivity contribution in [1.29, 1.82) is 0 Å². The highest BCUT2D eigenvalue weighted by molar-refractivity contribution is 9.10. The second kappa shape index (κ2) is 6.56. The molecule has 1 aliphatic heterocycles. The summed E-state index contributed by atoms with van der Waals surface area (Å²) >= 11 is 3.33. The topological polar surface area (TPSA) is 67.4 Å². The van der Waals surface area contributed by atoms with Gasteiger partial charge in [-0.05, 0) is 24.6 Å². The Balaban J connectivity index is 1.74. The molecule has 1 atom stereocenters. The molecule has 1 fully saturated rings. The summed E-state index contributed by atoms with van der Waals surface area (Å²) in [4.78, 5) is 22.7. The maximum Gasteiger partial charge on any atom is 0.258 e. The molecule has 1 aromatic carbocycles. The van der Waals surface area contributed by atoms with Crippen LogP contribution in [0.5, 0.6) is 5.75 Å². The van der Waals surface area contributed by atoms with E-state index < -0.39 is 0 Å². The fourth-order valence-electron chi connectivity index (χ4n) is 1.83. The number of nitrogens with one attached hydrogen (secondary N) is 2. The van der Waals surface area contributed by atoms with E-state index in [4.69, 9.17) is 4.74 Å². The molecule has 0 saturated carbocycles. The van der Waals surface area contributed by atoms with Gasteiger partial charge in [0.2, 0.25) is 5.91 Å². The molecule has 1 aliphatic rings. The lowest BCUT2D eigenvalue weighted by molar-refractivity contribution is -0.126. The lowest BCUT2D eigenvalue weighted by atomic mass is 10.1. The van der Waals surface area contributed by atoms with E-state index in [-0.39, 0.29) is 24.5 Å². The van der Waals surface area contributed by atoms with Gasteiger partial charge in [-0.1, -0.05) is 22.0 Å². The second-order valence-corrected chi connectivity index (χ2v) is 5.27. The van der Waals surface area contributed by atoms with E-state index in [0.29, 0.717) is 25.1 Å². The van der Waals surface area contributed by atoms with Crippen LogP contribution < -0.4 is 15.4 Å². The maximum atomic E-state index is 11.7. The minimum Gasteiger partial charge on any atom is -0.484 e. The third kappa shape index (κ3) is 4.55. The van der Waals surface area contributed by atoms with E-state index in [0.717, 1.165) is 4.47 Å². The van der Waals surface area contributed by atoms with Crippen molar-refractivity contribution >= 4 is 27.7 Å². The zero-order valence-electron chi connectivity index (χ0n) is 10.3. The van der Waals surface area contributed by atoms with Crippen LogP contribution in [0.15, 0.2) is 28.7 Å². The van der Waals surface area contributed by atoms with Crippen molar-refractivity contribution in [2.24, 2.45) is 0 Å². The Morgan fingerprint density at radius 3 is 3.05 bits per heavy atom. The zero-order chi connectivity index (χ0) is 13.7. The number of carbonyl (C=O) groups is 2. The molecule has 6 heteroatoms. The Morgan fingerprint density at radius 1 is 1.53 bits per heavy atom. The molecular weight excluding hydrogens is 312 g/mol. The van der Waals surface area contributed by atoms with Crippen LogP contribution in [0.2, 0.25) is 0 Å². The molecule has 2 rings (SSSR count). The standard InChI is InChI=1S/C13H15BrN2O3/c14-9-2-1-3-11(6-9)19-8-13(18)16-10-4-5-12(17)15-7-10/h1-3,6,10H,4-5,7-8H2,(H,15,17)(H,16,18). The van der Waals surface area contributed by atoms with Crippen LogP contribution in [0, 0.1) is 0 Å². The lowest BCUT2D eigenvalue weighted by Crippen LogP contribution is -2.48. The van der Waals surface area contributed by atoms with Gasteiger partial charge in [0.1, 0.15) is 5.75 Å². The largest absolute Gasteiger partial charge is 0.484 e. The fraction of sp³-hybridized carbons (Fsp3) is 0.385. The van der Waals surface area contributed by atoms with Crippen molar-refractivity contribution in [3.05, 3.63) is 28.7 Å². The van der Waals surface area contributed by atoms with Crippen LogP contribution in [-0.2, 0) is 9.59 Å². The molecule has 1 unspecified atom stereocenters. The summed E-state index contributed by atoms with van der Waals surface area (Å²) in [6, 6.07) is 7.31. The van der Waals surface area contributed by atoms with E-state index in [1.165, 1.54) is 0 Å². The van der Waals surface area contributed by atoms with Gasteiger partial charge in [0.25, 0.3) is 5.91 Å². The van der Waals surface area contributed by atoms with Crippen molar-refractivity contribution in [2.45, 2.75) is 18.9 Å². The predicted octanol–water partition coefficient (Wildman–Crippen LogP) is 1.22. The molecule has 2 amide bonds. The summed E-state index contributed by atoms with van der Waals surface area (Å²) in [5.74, 6) is 0.499. The number of amides is 2. The van der Waals surface area contributed by atoms with Crippen LogP contribution in [0.1, 0.15) is 12.8 Å². The summed E-state index contributed by atoms with van der Waals surface area (Å²) in [6.45, 7) is 0.461. The van der Waals surface area contributed by atoms with Gasteiger partial charge in [0.05, 0.1) is 0 Å². The highest BCUT2D eigenvalue weighted by atomic mass is 79.9. The van der Waals surface area contributed by atoms with Crippen LogP contribution in [-0.4, -0.2) is 31.0 Å². The van der Waals surface area contributed by atoms with Crippen LogP contribution in [0.4, 0.5) is 0 Å². The Morgan fingerprint density at radius 2 is 2.37 bits per heavy atom. The number of hydrogen-bond acceptors (Lipinski definition) is 3. The van der Waals surface area contributed by atoms with Gasteiger partial charge in [-0.25, -0.2) is 0 Å². The molecule has 0 radical (unpaired) electrons. The first-order chi connectivity index (χ1) is 9.13. The maximum absolute atomic E-state index is 11.7. The van der Waals surface area contributed by atoms with Gasteiger partial charge in [-0.15, -0.1) is 0 Å². The van der Waals surface area contributed by atoms with E-state index in [1.54, 1.807) is 12.1 Å². The molecule has 1 saturated heterocycles. The highest BCUT2D eigenvalue weighted by Crippen LogP contribution is 2.17. The average molecular weight is 327 g/mol. The second-order valence-electron chi connectivity index (χ2n) is 4.35. The molecule has 2 N–H and O–H groups in total. The minimum absolute atomic E-state index is 0.00342. The van der Waals surface area contributed by atoms with Crippen LogP contribution in [0.3, 0.4) is 0 Å². The fourth-order valence-corrected chi connectivity index (χ4v) is 2.21. The van der Waals surface area contributed by atoms with E-state index in [9.17, 15) is 9.59 Å². The number of halogens is 1. The van der Waals surface area contributed by atoms with Gasteiger partial charge < -0.3 is 15.4 Å². The predicted molar refractivity (Wildman–Crippen MR) is 73.8 cm³/mol. The normalized spacial score (nSPS) is 18.6. The Bertz CT molecular complexity index is 469. The first kappa shape index (κ1) is 13.9. The number of benzene rings is 1. The molecule has 0 aromatic heterocycles. The molecule has 1 heterocycles. The third-order valence-corrected chi connectivity index (χ3v) is 3.29. The smallest absolute Gasteiger partial charge is 0.258 e. The molecule has 19 heavy (non-hydrogen) atoms. The monoisotopic (exact) mass is 326 g/mol. The molecule has 0 spiro atoms. The van der Waals surface area contributed by atoms with Crippen molar-refractivity contribution in [3.63, 3.8) is 0 Å². The van der Waals surface area contributed by atoms with E-state index in [2.05, 4.69) is 26.6 Å². The third-order valence-electron chi connectivity index (χ3n) is 2.80. The first-order valence-corrected chi connectivity index (χ1v) is 6.87. The quantitative estimate of drug-likeness (QED) is 0.874. The molecular formula is C13H15BrN2O3. The summed E-state index contributed by atoms with van der Waals surface area (Å²) in [6.07, 6.45) is 1.13. The molecule has 1 aromatic rings. The number of ether oxygens (including phenoxy) is 1. The first-order valence-electron chi connectivity index (χ1n) is 6.08. The van der Waals surface area contributed by atoms with Gasteiger partial charge in [0.15, 0.2) is 6.61 Å².